The van der Waals surface area contributed by atoms with E-state index in [1.807, 2.05) is 0 Å². The molecule has 1 saturated carbocycles. The van der Waals surface area contributed by atoms with Crippen LogP contribution >= 0.6 is 0 Å². The van der Waals surface area contributed by atoms with Crippen molar-refractivity contribution in [2.75, 3.05) is 26.7 Å². The van der Waals surface area contributed by atoms with Gasteiger partial charge in [-0.15, -0.1) is 0 Å². The monoisotopic (exact) mass is 256 g/mol. The fourth-order valence-electron chi connectivity index (χ4n) is 2.77. The molecule has 3 nitrogen and oxygen atoms in total. The molecule has 0 bridgehead atoms. The number of hydrogen-bond acceptors (Lipinski definition) is 3. The van der Waals surface area contributed by atoms with E-state index in [2.05, 4.69) is 45.0 Å². The number of aliphatic hydroxyl groups excluding tert-OH is 1. The van der Waals surface area contributed by atoms with E-state index in [0.29, 0.717) is 12.0 Å². The number of rotatable bonds is 9. The Hall–Kier alpha value is -0.120. The molecule has 0 radical (unpaired) electrons. The molecule has 1 atom stereocenters. The maximum Gasteiger partial charge on any atom is 0.0628 e. The van der Waals surface area contributed by atoms with E-state index in [1.165, 1.54) is 19.3 Å². The summed E-state index contributed by atoms with van der Waals surface area (Å²) in [4.78, 5) is 2.38. The standard InChI is InChI=1S/C15H32N2O/c1-12(2)8-9-17(5)10-15(11-18,14-6-7-14)16-13(3)4/h12-14,16,18H,6-11H2,1-5H3. The van der Waals surface area contributed by atoms with Crippen LogP contribution in [-0.4, -0.2) is 48.3 Å². The average molecular weight is 256 g/mol. The van der Waals surface area contributed by atoms with E-state index in [0.717, 1.165) is 19.0 Å². The summed E-state index contributed by atoms with van der Waals surface area (Å²) in [6.45, 7) is 11.2. The fraction of sp³-hybridized carbons (Fsp3) is 1.00. The number of nitrogens with zero attached hydrogens (tertiary/aromatic N) is 1. The first-order valence-corrected chi connectivity index (χ1v) is 7.46. The topological polar surface area (TPSA) is 35.5 Å². The van der Waals surface area contributed by atoms with E-state index in [1.54, 1.807) is 0 Å². The molecule has 0 aromatic carbocycles. The molecule has 1 rings (SSSR count). The first-order chi connectivity index (χ1) is 8.39. The predicted molar refractivity (Wildman–Crippen MR) is 77.8 cm³/mol. The average Bonchev–Trinajstić information content (AvgIpc) is 3.08. The Bertz CT molecular complexity index is 239. The van der Waals surface area contributed by atoms with E-state index >= 15 is 0 Å². The summed E-state index contributed by atoms with van der Waals surface area (Å²) in [6, 6.07) is 0.427. The third-order valence-electron chi connectivity index (χ3n) is 3.86. The van der Waals surface area contributed by atoms with Crippen molar-refractivity contribution in [2.24, 2.45) is 11.8 Å². The first kappa shape index (κ1) is 15.9. The molecule has 1 aliphatic carbocycles. The van der Waals surface area contributed by atoms with Gasteiger partial charge < -0.3 is 15.3 Å². The van der Waals surface area contributed by atoms with Gasteiger partial charge in [-0.3, -0.25) is 0 Å². The minimum absolute atomic E-state index is 0.0834. The predicted octanol–water partition coefficient (Wildman–Crippen LogP) is 2.10. The normalized spacial score (nSPS) is 19.8. The zero-order chi connectivity index (χ0) is 13.8. The zero-order valence-electron chi connectivity index (χ0n) is 12.9. The zero-order valence-corrected chi connectivity index (χ0v) is 12.9. The lowest BCUT2D eigenvalue weighted by Crippen LogP contribution is -2.59. The van der Waals surface area contributed by atoms with Crippen LogP contribution in [0.3, 0.4) is 0 Å². The van der Waals surface area contributed by atoms with E-state index in [4.69, 9.17) is 0 Å². The Morgan fingerprint density at radius 1 is 1.28 bits per heavy atom. The summed E-state index contributed by atoms with van der Waals surface area (Å²) in [7, 11) is 2.18. The summed E-state index contributed by atoms with van der Waals surface area (Å²) in [5.74, 6) is 1.40. The number of aliphatic hydroxyl groups is 1. The van der Waals surface area contributed by atoms with Crippen LogP contribution in [0.5, 0.6) is 0 Å². The van der Waals surface area contributed by atoms with Crippen LogP contribution < -0.4 is 5.32 Å². The Labute approximate surface area is 113 Å². The van der Waals surface area contributed by atoms with E-state index < -0.39 is 0 Å². The molecule has 0 heterocycles. The van der Waals surface area contributed by atoms with E-state index in [9.17, 15) is 5.11 Å². The van der Waals surface area contributed by atoms with Crippen molar-refractivity contribution in [1.82, 2.24) is 10.2 Å². The van der Waals surface area contributed by atoms with Crippen LogP contribution in [0.4, 0.5) is 0 Å². The number of hydrogen-bond donors (Lipinski definition) is 2. The summed E-state index contributed by atoms with van der Waals surface area (Å²) in [6.07, 6.45) is 3.75. The second-order valence-corrected chi connectivity index (χ2v) is 6.81. The highest BCUT2D eigenvalue weighted by atomic mass is 16.3. The smallest absolute Gasteiger partial charge is 0.0628 e. The van der Waals surface area contributed by atoms with Crippen LogP contribution in [0.2, 0.25) is 0 Å². The second-order valence-electron chi connectivity index (χ2n) is 6.81. The molecule has 0 aliphatic heterocycles. The largest absolute Gasteiger partial charge is 0.394 e. The summed E-state index contributed by atoms with van der Waals surface area (Å²) >= 11 is 0. The second kappa shape index (κ2) is 6.88. The molecule has 2 N–H and O–H groups in total. The van der Waals surface area contributed by atoms with Crippen LogP contribution in [0.15, 0.2) is 0 Å². The van der Waals surface area contributed by atoms with Gasteiger partial charge in [0, 0.05) is 12.6 Å². The Kier molecular flexibility index (Phi) is 6.09. The third-order valence-corrected chi connectivity index (χ3v) is 3.86. The van der Waals surface area contributed by atoms with Gasteiger partial charge in [0.1, 0.15) is 0 Å². The van der Waals surface area contributed by atoms with Gasteiger partial charge in [0.25, 0.3) is 0 Å². The van der Waals surface area contributed by atoms with Crippen molar-refractivity contribution in [3.63, 3.8) is 0 Å². The van der Waals surface area contributed by atoms with Gasteiger partial charge in [-0.2, -0.15) is 0 Å². The van der Waals surface area contributed by atoms with Gasteiger partial charge in [0.05, 0.1) is 12.1 Å². The number of likely N-dealkylation sites (N-methyl/N-ethyl adjacent to an activating group) is 1. The van der Waals surface area contributed by atoms with Crippen LogP contribution in [0, 0.1) is 11.8 Å². The summed E-state index contributed by atoms with van der Waals surface area (Å²) in [5, 5.41) is 13.5. The first-order valence-electron chi connectivity index (χ1n) is 7.46. The Morgan fingerprint density at radius 2 is 1.89 bits per heavy atom. The lowest BCUT2D eigenvalue weighted by molar-refractivity contribution is 0.0917. The molecule has 0 aromatic rings. The maximum absolute atomic E-state index is 9.87. The molecular weight excluding hydrogens is 224 g/mol. The molecule has 0 saturated heterocycles. The minimum atomic E-state index is -0.0834. The van der Waals surface area contributed by atoms with Crippen LogP contribution in [0.25, 0.3) is 0 Å². The molecular formula is C15H32N2O. The molecule has 108 valence electrons. The van der Waals surface area contributed by atoms with Crippen LogP contribution in [-0.2, 0) is 0 Å². The molecule has 0 spiro atoms. The van der Waals surface area contributed by atoms with Crippen molar-refractivity contribution in [3.8, 4) is 0 Å². The maximum atomic E-state index is 9.87. The highest BCUT2D eigenvalue weighted by molar-refractivity contribution is 5.03. The fourth-order valence-corrected chi connectivity index (χ4v) is 2.77. The lowest BCUT2D eigenvalue weighted by atomic mass is 9.92. The van der Waals surface area contributed by atoms with E-state index in [-0.39, 0.29) is 12.1 Å². The quantitative estimate of drug-likeness (QED) is 0.663. The number of nitrogens with one attached hydrogen (secondary N) is 1. The van der Waals surface area contributed by atoms with Gasteiger partial charge in [0.15, 0.2) is 0 Å². The van der Waals surface area contributed by atoms with Crippen molar-refractivity contribution >= 4 is 0 Å². The van der Waals surface area contributed by atoms with Gasteiger partial charge >= 0.3 is 0 Å². The third kappa shape index (κ3) is 4.87. The molecule has 3 heteroatoms. The van der Waals surface area contributed by atoms with Gasteiger partial charge in [-0.1, -0.05) is 27.7 Å². The summed E-state index contributed by atoms with van der Waals surface area (Å²) < 4.78 is 0. The highest BCUT2D eigenvalue weighted by Crippen LogP contribution is 2.40. The van der Waals surface area contributed by atoms with Gasteiger partial charge in [-0.05, 0) is 44.7 Å². The van der Waals surface area contributed by atoms with Crippen molar-refractivity contribution in [1.29, 1.82) is 0 Å². The van der Waals surface area contributed by atoms with Gasteiger partial charge in [-0.25, -0.2) is 0 Å². The van der Waals surface area contributed by atoms with Crippen LogP contribution in [0.1, 0.15) is 47.0 Å². The molecule has 18 heavy (non-hydrogen) atoms. The Balaban J connectivity index is 2.54. The van der Waals surface area contributed by atoms with Crippen molar-refractivity contribution < 1.29 is 5.11 Å². The molecule has 1 unspecified atom stereocenters. The lowest BCUT2D eigenvalue weighted by Gasteiger charge is -2.39. The molecule has 1 fully saturated rings. The summed E-state index contributed by atoms with van der Waals surface area (Å²) in [5.41, 5.74) is -0.0834. The van der Waals surface area contributed by atoms with Crippen molar-refractivity contribution in [2.45, 2.75) is 58.5 Å². The van der Waals surface area contributed by atoms with Gasteiger partial charge in [0.2, 0.25) is 0 Å². The molecule has 0 amide bonds. The minimum Gasteiger partial charge on any atom is -0.394 e. The highest BCUT2D eigenvalue weighted by Gasteiger charge is 2.45. The van der Waals surface area contributed by atoms with Crippen molar-refractivity contribution in [3.05, 3.63) is 0 Å². The SMILES string of the molecule is CC(C)CCN(C)CC(CO)(NC(C)C)C1CC1. The Morgan fingerprint density at radius 3 is 2.28 bits per heavy atom. The molecule has 0 aromatic heterocycles. The molecule has 1 aliphatic rings.